The van der Waals surface area contributed by atoms with Gasteiger partial charge in [0, 0.05) is 6.07 Å². The average molecular weight is 183 g/mol. The van der Waals surface area contributed by atoms with Crippen molar-refractivity contribution in [2.24, 2.45) is 0 Å². The fourth-order valence-electron chi connectivity index (χ4n) is 1.16. The zero-order valence-corrected chi connectivity index (χ0v) is 6.90. The maximum absolute atomic E-state index is 13.1. The minimum Gasteiger partial charge on any atom is -0.208 e. The van der Waals surface area contributed by atoms with Crippen LogP contribution in [-0.4, -0.2) is 0 Å². The van der Waals surface area contributed by atoms with Crippen LogP contribution in [0.15, 0.2) is 30.5 Å². The molecule has 12 heavy (non-hydrogen) atoms. The van der Waals surface area contributed by atoms with Gasteiger partial charge in [0.15, 0.2) is 12.0 Å². The van der Waals surface area contributed by atoms with E-state index in [1.165, 1.54) is 6.07 Å². The lowest BCUT2D eigenvalue weighted by atomic mass is 10.2. The van der Waals surface area contributed by atoms with Crippen LogP contribution in [0.4, 0.5) is 4.39 Å². The number of rotatable bonds is 0. The van der Waals surface area contributed by atoms with Gasteiger partial charge in [-0.05, 0) is 12.1 Å². The molecule has 0 atom stereocenters. The Kier molecular flexibility index (Phi) is 1.70. The van der Waals surface area contributed by atoms with Crippen molar-refractivity contribution < 1.29 is 9.37 Å². The summed E-state index contributed by atoms with van der Waals surface area (Å²) in [4.78, 5) is 2.80. The molecule has 0 spiro atoms. The number of nitrogens with one attached hydrogen (secondary N) is 1. The van der Waals surface area contributed by atoms with E-state index in [2.05, 4.69) is 4.98 Å². The van der Waals surface area contributed by atoms with Crippen LogP contribution in [0.2, 0.25) is 5.02 Å². The number of pyridine rings is 1. The number of hydrogen-bond acceptors (Lipinski definition) is 0. The summed E-state index contributed by atoms with van der Waals surface area (Å²) in [6, 6.07) is 6.51. The highest BCUT2D eigenvalue weighted by atomic mass is 35.5. The van der Waals surface area contributed by atoms with E-state index < -0.39 is 0 Å². The van der Waals surface area contributed by atoms with Gasteiger partial charge in [0.05, 0.1) is 10.4 Å². The van der Waals surface area contributed by atoms with E-state index in [1.54, 1.807) is 24.4 Å². The predicted molar refractivity (Wildman–Crippen MR) is 45.5 cm³/mol. The Morgan fingerprint density at radius 3 is 2.83 bits per heavy atom. The molecule has 1 aromatic carbocycles. The third-order valence-electron chi connectivity index (χ3n) is 1.73. The lowest BCUT2D eigenvalue weighted by Crippen LogP contribution is -2.03. The second kappa shape index (κ2) is 2.72. The normalized spacial score (nSPS) is 10.5. The third-order valence-corrected chi connectivity index (χ3v) is 2.06. The van der Waals surface area contributed by atoms with Gasteiger partial charge in [0.25, 0.3) is 0 Å². The quantitative estimate of drug-likeness (QED) is 0.594. The van der Waals surface area contributed by atoms with Gasteiger partial charge in [-0.3, -0.25) is 0 Å². The molecule has 60 valence electrons. The number of hydrogen-bond donors (Lipinski definition) is 0. The van der Waals surface area contributed by atoms with Crippen molar-refractivity contribution in [2.75, 3.05) is 0 Å². The van der Waals surface area contributed by atoms with Crippen LogP contribution in [0.5, 0.6) is 0 Å². The number of aromatic nitrogens is 1. The Morgan fingerprint density at radius 2 is 2.08 bits per heavy atom. The molecule has 0 fully saturated rings. The van der Waals surface area contributed by atoms with Crippen LogP contribution in [0.25, 0.3) is 10.9 Å². The Labute approximate surface area is 73.8 Å². The van der Waals surface area contributed by atoms with Crippen molar-refractivity contribution in [2.45, 2.75) is 0 Å². The topological polar surface area (TPSA) is 14.1 Å². The van der Waals surface area contributed by atoms with Gasteiger partial charge in [0.2, 0.25) is 5.52 Å². The molecule has 1 heterocycles. The standard InChI is InChI=1S/C9H5ClFN/c10-7-4-5-12-9-6(7)2-1-3-8(9)11/h1-5H/p+1. The number of halogens is 2. The zero-order valence-electron chi connectivity index (χ0n) is 6.14. The van der Waals surface area contributed by atoms with Gasteiger partial charge >= 0.3 is 0 Å². The number of H-pyrrole nitrogens is 1. The highest BCUT2D eigenvalue weighted by Crippen LogP contribution is 2.20. The molecule has 2 aromatic rings. The zero-order chi connectivity index (χ0) is 8.55. The molecule has 3 heteroatoms. The minimum absolute atomic E-state index is 0.282. The summed E-state index contributed by atoms with van der Waals surface area (Å²) in [7, 11) is 0. The molecule has 0 aliphatic carbocycles. The van der Waals surface area contributed by atoms with Crippen molar-refractivity contribution in [3.8, 4) is 0 Å². The minimum atomic E-state index is -0.282. The highest BCUT2D eigenvalue weighted by molar-refractivity contribution is 6.35. The summed E-state index contributed by atoms with van der Waals surface area (Å²) in [5.41, 5.74) is 0.449. The first-order valence-electron chi connectivity index (χ1n) is 3.53. The van der Waals surface area contributed by atoms with Crippen LogP contribution < -0.4 is 4.98 Å². The Hall–Kier alpha value is -1.15. The first-order chi connectivity index (χ1) is 5.79. The molecule has 1 aromatic heterocycles. The summed E-state index contributed by atoms with van der Waals surface area (Å²) in [6.07, 6.45) is 1.62. The number of para-hydroxylation sites is 1. The summed E-state index contributed by atoms with van der Waals surface area (Å²) in [6.45, 7) is 0. The maximum atomic E-state index is 13.1. The van der Waals surface area contributed by atoms with Crippen molar-refractivity contribution in [3.05, 3.63) is 41.3 Å². The lowest BCUT2D eigenvalue weighted by Gasteiger charge is -1.93. The largest absolute Gasteiger partial charge is 0.248 e. The van der Waals surface area contributed by atoms with Crippen molar-refractivity contribution in [1.29, 1.82) is 0 Å². The Bertz CT molecular complexity index is 387. The van der Waals surface area contributed by atoms with Crippen LogP contribution in [0.1, 0.15) is 0 Å². The summed E-state index contributed by atoms with van der Waals surface area (Å²) < 4.78 is 13.1. The van der Waals surface area contributed by atoms with E-state index in [9.17, 15) is 4.39 Å². The van der Waals surface area contributed by atoms with Gasteiger partial charge in [-0.1, -0.05) is 17.7 Å². The van der Waals surface area contributed by atoms with Crippen LogP contribution in [0, 0.1) is 5.82 Å². The number of fused-ring (bicyclic) bond motifs is 1. The molecule has 0 saturated heterocycles. The smallest absolute Gasteiger partial charge is 0.208 e. The summed E-state index contributed by atoms with van der Waals surface area (Å²) >= 11 is 5.84. The molecule has 2 rings (SSSR count). The van der Waals surface area contributed by atoms with Gasteiger partial charge in [0.1, 0.15) is 0 Å². The van der Waals surface area contributed by atoms with Gasteiger partial charge in [-0.2, -0.15) is 4.39 Å². The first-order valence-corrected chi connectivity index (χ1v) is 3.91. The summed E-state index contributed by atoms with van der Waals surface area (Å²) in [5, 5.41) is 1.27. The molecule has 0 radical (unpaired) electrons. The molecule has 0 bridgehead atoms. The molecule has 0 unspecified atom stereocenters. The second-order valence-corrected chi connectivity index (χ2v) is 2.90. The molecular formula is C9H6ClFN+. The second-order valence-electron chi connectivity index (χ2n) is 2.49. The SMILES string of the molecule is Fc1cccc2c(Cl)cc[nH+]c12. The van der Waals surface area contributed by atoms with Gasteiger partial charge in [-0.15, -0.1) is 0 Å². The number of aromatic amines is 1. The first kappa shape index (κ1) is 7.50. The maximum Gasteiger partial charge on any atom is 0.248 e. The fraction of sp³-hybridized carbons (Fsp3) is 0. The third kappa shape index (κ3) is 1.04. The van der Waals surface area contributed by atoms with Crippen LogP contribution in [0.3, 0.4) is 0 Å². The van der Waals surface area contributed by atoms with E-state index in [4.69, 9.17) is 11.6 Å². The average Bonchev–Trinajstić information content (AvgIpc) is 2.07. The molecule has 1 N–H and O–H groups in total. The lowest BCUT2D eigenvalue weighted by molar-refractivity contribution is -0.346. The highest BCUT2D eigenvalue weighted by Gasteiger charge is 2.08. The molecular weight excluding hydrogens is 177 g/mol. The predicted octanol–water partition coefficient (Wildman–Crippen LogP) is 2.45. The molecule has 0 aliphatic rings. The van der Waals surface area contributed by atoms with Gasteiger partial charge in [-0.25, -0.2) is 4.98 Å². The van der Waals surface area contributed by atoms with E-state index in [1.807, 2.05) is 0 Å². The number of benzene rings is 1. The van der Waals surface area contributed by atoms with Crippen molar-refractivity contribution in [1.82, 2.24) is 0 Å². The van der Waals surface area contributed by atoms with E-state index in [0.717, 1.165) is 0 Å². The van der Waals surface area contributed by atoms with E-state index in [0.29, 0.717) is 15.9 Å². The van der Waals surface area contributed by atoms with E-state index in [-0.39, 0.29) is 5.82 Å². The van der Waals surface area contributed by atoms with Crippen LogP contribution in [-0.2, 0) is 0 Å². The monoisotopic (exact) mass is 182 g/mol. The Balaban J connectivity index is 2.94. The Morgan fingerprint density at radius 1 is 1.25 bits per heavy atom. The summed E-state index contributed by atoms with van der Waals surface area (Å²) in [5.74, 6) is -0.282. The van der Waals surface area contributed by atoms with E-state index >= 15 is 0 Å². The molecule has 0 saturated carbocycles. The fourth-order valence-corrected chi connectivity index (χ4v) is 1.38. The molecule has 0 amide bonds. The van der Waals surface area contributed by atoms with Crippen molar-refractivity contribution >= 4 is 22.5 Å². The van der Waals surface area contributed by atoms with Crippen molar-refractivity contribution in [3.63, 3.8) is 0 Å². The molecule has 1 nitrogen and oxygen atoms in total. The van der Waals surface area contributed by atoms with Gasteiger partial charge < -0.3 is 0 Å². The molecule has 0 aliphatic heterocycles. The van der Waals surface area contributed by atoms with Crippen LogP contribution >= 0.6 is 11.6 Å².